The van der Waals surface area contributed by atoms with E-state index in [0.29, 0.717) is 22.4 Å². The Labute approximate surface area is 133 Å². The lowest BCUT2D eigenvalue weighted by Crippen LogP contribution is -2.17. The molecule has 0 atom stereocenters. The molecule has 2 aromatic rings. The summed E-state index contributed by atoms with van der Waals surface area (Å²) >= 11 is 3.32. The Morgan fingerprint density at radius 2 is 1.86 bits per heavy atom. The number of nitrogens with one attached hydrogen (secondary N) is 2. The third-order valence-electron chi connectivity index (χ3n) is 2.71. The number of aromatic nitrogens is 1. The summed E-state index contributed by atoms with van der Waals surface area (Å²) in [6.07, 6.45) is 2.36. The third kappa shape index (κ3) is 3.95. The summed E-state index contributed by atoms with van der Waals surface area (Å²) < 4.78 is 28.2. The average molecular weight is 370 g/mol. The first-order valence-corrected chi connectivity index (χ1v) is 8.78. The number of hydrogen-bond acceptors (Lipinski definition) is 4. The fourth-order valence-corrected chi connectivity index (χ4v) is 3.44. The molecule has 1 heterocycles. The van der Waals surface area contributed by atoms with Gasteiger partial charge in [0, 0.05) is 17.2 Å². The molecule has 0 amide bonds. The summed E-state index contributed by atoms with van der Waals surface area (Å²) in [5, 5.41) is 3.07. The van der Waals surface area contributed by atoms with Gasteiger partial charge in [-0.1, -0.05) is 19.1 Å². The van der Waals surface area contributed by atoms with E-state index in [1.807, 2.05) is 13.0 Å². The maximum Gasteiger partial charge on any atom is 0.281 e. The molecule has 1 aromatic carbocycles. The van der Waals surface area contributed by atoms with Crippen LogP contribution in [0.25, 0.3) is 0 Å². The zero-order valence-corrected chi connectivity index (χ0v) is 13.9. The van der Waals surface area contributed by atoms with Crippen molar-refractivity contribution in [3.8, 4) is 0 Å². The number of rotatable bonds is 6. The van der Waals surface area contributed by atoms with Gasteiger partial charge in [0.2, 0.25) is 0 Å². The van der Waals surface area contributed by atoms with E-state index in [-0.39, 0.29) is 5.03 Å². The van der Waals surface area contributed by atoms with Gasteiger partial charge in [0.05, 0.1) is 11.4 Å². The minimum Gasteiger partial charge on any atom is -0.383 e. The standard InChI is InChI=1S/C14H16BrN3O2S/c1-2-9-16-13-8-5-10-17-14(13)21(19,20)18-12-7-4-3-6-11(12)15/h3-8,10,16,18H,2,9H2,1H3. The maximum atomic E-state index is 12.5. The largest absolute Gasteiger partial charge is 0.383 e. The molecule has 0 saturated heterocycles. The van der Waals surface area contributed by atoms with Crippen LogP contribution in [-0.2, 0) is 10.0 Å². The van der Waals surface area contributed by atoms with Gasteiger partial charge in [-0.15, -0.1) is 0 Å². The fraction of sp³-hybridized carbons (Fsp3) is 0.214. The number of pyridine rings is 1. The molecule has 0 saturated carbocycles. The Balaban J connectivity index is 2.34. The molecule has 2 rings (SSSR count). The van der Waals surface area contributed by atoms with Gasteiger partial charge in [0.1, 0.15) is 0 Å². The average Bonchev–Trinajstić information content (AvgIpc) is 2.47. The summed E-state index contributed by atoms with van der Waals surface area (Å²) in [6, 6.07) is 10.4. The second-order valence-electron chi connectivity index (χ2n) is 4.37. The van der Waals surface area contributed by atoms with E-state index in [2.05, 4.69) is 31.0 Å². The molecule has 5 nitrogen and oxygen atoms in total. The molecule has 0 unspecified atom stereocenters. The van der Waals surface area contributed by atoms with E-state index >= 15 is 0 Å². The smallest absolute Gasteiger partial charge is 0.281 e. The summed E-state index contributed by atoms with van der Waals surface area (Å²) in [7, 11) is -3.75. The van der Waals surface area contributed by atoms with Crippen LogP contribution in [-0.4, -0.2) is 19.9 Å². The van der Waals surface area contributed by atoms with Crippen LogP contribution in [0.15, 0.2) is 52.1 Å². The van der Waals surface area contributed by atoms with E-state index in [9.17, 15) is 8.42 Å². The lowest BCUT2D eigenvalue weighted by molar-refractivity contribution is 0.598. The highest BCUT2D eigenvalue weighted by atomic mass is 79.9. The van der Waals surface area contributed by atoms with Gasteiger partial charge in [-0.05, 0) is 46.6 Å². The molecule has 0 radical (unpaired) electrons. The third-order valence-corrected chi connectivity index (χ3v) is 4.72. The normalized spacial score (nSPS) is 11.1. The quantitative estimate of drug-likeness (QED) is 0.817. The van der Waals surface area contributed by atoms with E-state index in [0.717, 1.165) is 6.42 Å². The first-order chi connectivity index (χ1) is 10.0. The number of para-hydroxylation sites is 1. The monoisotopic (exact) mass is 369 g/mol. The van der Waals surface area contributed by atoms with Gasteiger partial charge in [-0.2, -0.15) is 8.42 Å². The number of halogens is 1. The van der Waals surface area contributed by atoms with Gasteiger partial charge in [0.15, 0.2) is 5.03 Å². The summed E-state index contributed by atoms with van der Waals surface area (Å²) in [6.45, 7) is 2.69. The van der Waals surface area contributed by atoms with E-state index < -0.39 is 10.0 Å². The van der Waals surface area contributed by atoms with E-state index in [1.165, 1.54) is 6.20 Å². The van der Waals surface area contributed by atoms with Gasteiger partial charge < -0.3 is 5.32 Å². The summed E-state index contributed by atoms with van der Waals surface area (Å²) in [5.41, 5.74) is 0.975. The van der Waals surface area contributed by atoms with E-state index in [1.54, 1.807) is 30.3 Å². The van der Waals surface area contributed by atoms with Crippen LogP contribution in [0.5, 0.6) is 0 Å². The van der Waals surface area contributed by atoms with Gasteiger partial charge in [-0.3, -0.25) is 4.72 Å². The molecule has 7 heteroatoms. The molecule has 2 N–H and O–H groups in total. The van der Waals surface area contributed by atoms with Crippen LogP contribution < -0.4 is 10.0 Å². The second-order valence-corrected chi connectivity index (χ2v) is 6.82. The summed E-state index contributed by atoms with van der Waals surface area (Å²) in [4.78, 5) is 4.00. The molecule has 0 aliphatic heterocycles. The highest BCUT2D eigenvalue weighted by molar-refractivity contribution is 9.10. The Kier molecular flexibility index (Phi) is 5.19. The Hall–Kier alpha value is -1.60. The van der Waals surface area contributed by atoms with Crippen molar-refractivity contribution in [2.24, 2.45) is 0 Å². The number of anilines is 2. The zero-order chi connectivity index (χ0) is 15.3. The lowest BCUT2D eigenvalue weighted by Gasteiger charge is -2.13. The van der Waals surface area contributed by atoms with Crippen molar-refractivity contribution < 1.29 is 8.42 Å². The van der Waals surface area contributed by atoms with Crippen LogP contribution in [0.4, 0.5) is 11.4 Å². The van der Waals surface area contributed by atoms with Crippen molar-refractivity contribution in [1.82, 2.24) is 4.98 Å². The molecule has 0 aliphatic carbocycles. The van der Waals surface area contributed by atoms with Gasteiger partial charge in [-0.25, -0.2) is 4.98 Å². The van der Waals surface area contributed by atoms with Crippen LogP contribution >= 0.6 is 15.9 Å². The van der Waals surface area contributed by atoms with Gasteiger partial charge >= 0.3 is 0 Å². The molecule has 0 spiro atoms. The van der Waals surface area contributed by atoms with Gasteiger partial charge in [0.25, 0.3) is 10.0 Å². The highest BCUT2D eigenvalue weighted by Gasteiger charge is 2.20. The maximum absolute atomic E-state index is 12.5. The minimum atomic E-state index is -3.75. The van der Waals surface area contributed by atoms with Crippen molar-refractivity contribution in [2.75, 3.05) is 16.6 Å². The SMILES string of the molecule is CCCNc1cccnc1S(=O)(=O)Nc1ccccc1Br. The van der Waals surface area contributed by atoms with Crippen molar-refractivity contribution >= 4 is 37.3 Å². The van der Waals surface area contributed by atoms with Crippen LogP contribution in [0, 0.1) is 0 Å². The predicted molar refractivity (Wildman–Crippen MR) is 88.0 cm³/mol. The highest BCUT2D eigenvalue weighted by Crippen LogP contribution is 2.26. The first kappa shape index (κ1) is 15.8. The number of benzene rings is 1. The van der Waals surface area contributed by atoms with Crippen molar-refractivity contribution in [3.05, 3.63) is 47.1 Å². The molecule has 1 aromatic heterocycles. The van der Waals surface area contributed by atoms with Crippen LogP contribution in [0.3, 0.4) is 0 Å². The minimum absolute atomic E-state index is 0.00537. The second kappa shape index (κ2) is 6.91. The summed E-state index contributed by atoms with van der Waals surface area (Å²) in [5.74, 6) is 0. The fourth-order valence-electron chi connectivity index (χ4n) is 1.74. The molecule has 21 heavy (non-hydrogen) atoms. The Bertz CT molecular complexity index is 720. The Morgan fingerprint density at radius 1 is 1.14 bits per heavy atom. The zero-order valence-electron chi connectivity index (χ0n) is 11.5. The molecule has 0 fully saturated rings. The molecule has 0 aliphatic rings. The topological polar surface area (TPSA) is 71.1 Å². The number of hydrogen-bond donors (Lipinski definition) is 2. The predicted octanol–water partition coefficient (Wildman–Crippen LogP) is 3.47. The molecular formula is C14H16BrN3O2S. The van der Waals surface area contributed by atoms with Crippen molar-refractivity contribution in [2.45, 2.75) is 18.4 Å². The Morgan fingerprint density at radius 3 is 2.57 bits per heavy atom. The van der Waals surface area contributed by atoms with Crippen molar-refractivity contribution in [1.29, 1.82) is 0 Å². The number of sulfonamides is 1. The van der Waals surface area contributed by atoms with E-state index in [4.69, 9.17) is 0 Å². The lowest BCUT2D eigenvalue weighted by atomic mass is 10.3. The molecular weight excluding hydrogens is 354 g/mol. The number of nitrogens with zero attached hydrogens (tertiary/aromatic N) is 1. The first-order valence-electron chi connectivity index (χ1n) is 6.51. The van der Waals surface area contributed by atoms with Crippen LogP contribution in [0.1, 0.15) is 13.3 Å². The van der Waals surface area contributed by atoms with Crippen molar-refractivity contribution in [3.63, 3.8) is 0 Å². The molecule has 0 bridgehead atoms. The molecule has 112 valence electrons. The van der Waals surface area contributed by atoms with Crippen LogP contribution in [0.2, 0.25) is 0 Å².